The lowest BCUT2D eigenvalue weighted by molar-refractivity contribution is 0.481. The Morgan fingerprint density at radius 1 is 0.824 bits per heavy atom. The molecular weight excluding hydrogens is 444 g/mol. The minimum Gasteiger partial charge on any atom is -0.507 e. The number of nitriles is 2. The lowest BCUT2D eigenvalue weighted by Gasteiger charge is -2.11. The van der Waals surface area contributed by atoms with E-state index in [2.05, 4.69) is 0 Å². The zero-order valence-electron chi connectivity index (χ0n) is 17.7. The van der Waals surface area contributed by atoms with E-state index in [0.29, 0.717) is 49.2 Å². The van der Waals surface area contributed by atoms with Crippen LogP contribution in [0.5, 0.6) is 5.75 Å². The summed E-state index contributed by atoms with van der Waals surface area (Å²) in [7, 11) is 0. The quantitative estimate of drug-likeness (QED) is 0.139. The van der Waals surface area contributed by atoms with Gasteiger partial charge in [-0.25, -0.2) is 9.97 Å². The van der Waals surface area contributed by atoms with Gasteiger partial charge < -0.3 is 5.11 Å². The highest BCUT2D eigenvalue weighted by Crippen LogP contribution is 2.38. The van der Waals surface area contributed by atoms with Crippen LogP contribution < -0.4 is 0 Å². The monoisotopic (exact) mass is 458 g/mol. The maximum absolute atomic E-state index is 11.2. The van der Waals surface area contributed by atoms with Gasteiger partial charge in [0.1, 0.15) is 29.0 Å². The molecule has 1 aromatic heterocycles. The van der Waals surface area contributed by atoms with Gasteiger partial charge in [0.05, 0.1) is 16.6 Å². The fraction of sp³-hybridized carbons (Fsp3) is 0. The average molecular weight is 459 g/mol. The Hall–Kier alpha value is -4.71. The van der Waals surface area contributed by atoms with E-state index in [1.54, 1.807) is 24.3 Å². The van der Waals surface area contributed by atoms with E-state index in [0.717, 1.165) is 5.39 Å². The molecule has 0 spiro atoms. The van der Waals surface area contributed by atoms with Crippen molar-refractivity contribution in [2.75, 3.05) is 0 Å². The summed E-state index contributed by atoms with van der Waals surface area (Å²) in [6, 6.07) is 25.8. The van der Waals surface area contributed by atoms with E-state index in [1.165, 1.54) is 0 Å². The van der Waals surface area contributed by atoms with Gasteiger partial charge in [-0.3, -0.25) is 0 Å². The largest absolute Gasteiger partial charge is 0.507 e. The summed E-state index contributed by atoms with van der Waals surface area (Å²) in [6.45, 7) is 0. The molecular formula is C28H15ClN4O. The van der Waals surface area contributed by atoms with Crippen molar-refractivity contribution in [1.82, 2.24) is 9.97 Å². The van der Waals surface area contributed by atoms with Crippen LogP contribution in [-0.4, -0.2) is 15.1 Å². The van der Waals surface area contributed by atoms with Gasteiger partial charge in [-0.1, -0.05) is 72.3 Å². The Morgan fingerprint density at radius 3 is 2.24 bits per heavy atom. The molecule has 1 heterocycles. The molecule has 160 valence electrons. The molecule has 0 amide bonds. The number of phenolic OH excluding ortho intramolecular Hbond substituents is 1. The van der Waals surface area contributed by atoms with E-state index < -0.39 is 0 Å². The lowest BCUT2D eigenvalue weighted by Crippen LogP contribution is -1.93. The number of rotatable bonds is 3. The molecule has 1 N–H and O–H groups in total. The van der Waals surface area contributed by atoms with Gasteiger partial charge in [-0.2, -0.15) is 10.5 Å². The number of halogens is 1. The van der Waals surface area contributed by atoms with Gasteiger partial charge in [0, 0.05) is 26.9 Å². The number of nitrogens with zero attached hydrogens (tertiary/aromatic N) is 4. The van der Waals surface area contributed by atoms with Crippen molar-refractivity contribution in [3.8, 4) is 17.9 Å². The molecule has 0 bridgehead atoms. The minimum atomic E-state index is -0.0321. The van der Waals surface area contributed by atoms with Crippen molar-refractivity contribution in [3.05, 3.63) is 101 Å². The lowest BCUT2D eigenvalue weighted by atomic mass is 9.97. The number of phenols is 1. The molecule has 0 radical (unpaired) electrons. The van der Waals surface area contributed by atoms with E-state index in [-0.39, 0.29) is 11.3 Å². The molecule has 0 aliphatic carbocycles. The zero-order valence-corrected chi connectivity index (χ0v) is 18.5. The zero-order chi connectivity index (χ0) is 23.7. The molecule has 5 rings (SSSR count). The van der Waals surface area contributed by atoms with E-state index >= 15 is 0 Å². The molecule has 0 aliphatic heterocycles. The number of allylic oxidation sites excluding steroid dienone is 3. The summed E-state index contributed by atoms with van der Waals surface area (Å²) in [5, 5.41) is 32.2. The molecule has 4 aromatic carbocycles. The maximum Gasteiger partial charge on any atom is 0.137 e. The maximum atomic E-state index is 11.2. The summed E-state index contributed by atoms with van der Waals surface area (Å²) >= 11 is 6.17. The van der Waals surface area contributed by atoms with Crippen LogP contribution in [0.4, 0.5) is 0 Å². The van der Waals surface area contributed by atoms with Crippen LogP contribution in [0.15, 0.2) is 84.4 Å². The Labute approximate surface area is 200 Å². The highest BCUT2D eigenvalue weighted by molar-refractivity contribution is 6.31. The standard InChI is InChI=1S/C28H15ClN4O/c29-19-10-13-24-25(14-19)33-27-23(28(34)22-9-5-4-8-21(22)26(27)32-24)12-11-20(18(15-30)16-31)17-6-2-1-3-7-17/h1-14,34H/b12-11+. The van der Waals surface area contributed by atoms with Crippen LogP contribution in [0.1, 0.15) is 11.1 Å². The Bertz CT molecular complexity index is 1730. The minimum absolute atomic E-state index is 0.0321. The van der Waals surface area contributed by atoms with Crippen molar-refractivity contribution in [2.24, 2.45) is 0 Å². The highest BCUT2D eigenvalue weighted by atomic mass is 35.5. The first-order chi connectivity index (χ1) is 16.6. The molecule has 0 fully saturated rings. The smallest absolute Gasteiger partial charge is 0.137 e. The Balaban J connectivity index is 1.84. The fourth-order valence-electron chi connectivity index (χ4n) is 3.97. The molecule has 0 atom stereocenters. The van der Waals surface area contributed by atoms with Crippen molar-refractivity contribution in [3.63, 3.8) is 0 Å². The number of benzene rings is 4. The second-order valence-corrected chi connectivity index (χ2v) is 8.01. The second-order valence-electron chi connectivity index (χ2n) is 7.57. The summed E-state index contributed by atoms with van der Waals surface area (Å²) in [5.41, 5.74) is 3.97. The van der Waals surface area contributed by atoms with E-state index in [1.807, 2.05) is 72.8 Å². The van der Waals surface area contributed by atoms with Crippen molar-refractivity contribution >= 4 is 56.1 Å². The molecule has 5 nitrogen and oxygen atoms in total. The van der Waals surface area contributed by atoms with Gasteiger partial charge in [-0.15, -0.1) is 0 Å². The number of aromatic hydroxyl groups is 1. The van der Waals surface area contributed by atoms with Gasteiger partial charge in [0.25, 0.3) is 0 Å². The van der Waals surface area contributed by atoms with Crippen LogP contribution in [0.3, 0.4) is 0 Å². The van der Waals surface area contributed by atoms with Gasteiger partial charge in [0.2, 0.25) is 0 Å². The van der Waals surface area contributed by atoms with Crippen molar-refractivity contribution in [2.45, 2.75) is 0 Å². The summed E-state index contributed by atoms with van der Waals surface area (Å²) in [4.78, 5) is 9.60. The molecule has 5 aromatic rings. The Morgan fingerprint density at radius 2 is 1.50 bits per heavy atom. The molecule has 0 aliphatic rings. The van der Waals surface area contributed by atoms with E-state index in [4.69, 9.17) is 21.6 Å². The molecule has 0 saturated heterocycles. The SMILES string of the molecule is N#CC(C#N)=C(/C=C/c1c(O)c2ccccc2c2nc3ccc(Cl)cc3nc12)c1ccccc1. The van der Waals surface area contributed by atoms with Gasteiger partial charge in [0.15, 0.2) is 0 Å². The predicted octanol–water partition coefficient (Wildman–Crippen LogP) is 6.81. The third-order valence-corrected chi connectivity index (χ3v) is 5.80. The van der Waals surface area contributed by atoms with Crippen LogP contribution >= 0.6 is 11.6 Å². The highest BCUT2D eigenvalue weighted by Gasteiger charge is 2.16. The van der Waals surface area contributed by atoms with Crippen LogP contribution in [0, 0.1) is 22.7 Å². The first-order valence-corrected chi connectivity index (χ1v) is 10.8. The number of aromatic nitrogens is 2. The predicted molar refractivity (Wildman–Crippen MR) is 135 cm³/mol. The molecule has 34 heavy (non-hydrogen) atoms. The first kappa shape index (κ1) is 21.2. The topological polar surface area (TPSA) is 93.6 Å². The van der Waals surface area contributed by atoms with Crippen molar-refractivity contribution in [1.29, 1.82) is 10.5 Å². The van der Waals surface area contributed by atoms with Crippen molar-refractivity contribution < 1.29 is 5.11 Å². The molecule has 6 heteroatoms. The normalized spacial score (nSPS) is 11.0. The fourth-order valence-corrected chi connectivity index (χ4v) is 4.13. The third-order valence-electron chi connectivity index (χ3n) is 5.57. The number of hydrogen-bond acceptors (Lipinski definition) is 5. The molecule has 0 saturated carbocycles. The second kappa shape index (κ2) is 8.67. The number of fused-ring (bicyclic) bond motifs is 4. The van der Waals surface area contributed by atoms with Crippen LogP contribution in [-0.2, 0) is 0 Å². The summed E-state index contributed by atoms with van der Waals surface area (Å²) in [6.07, 6.45) is 3.33. The van der Waals surface area contributed by atoms with Gasteiger partial charge in [-0.05, 0) is 29.8 Å². The first-order valence-electron chi connectivity index (χ1n) is 10.4. The Kier molecular flexibility index (Phi) is 5.40. The molecule has 0 unspecified atom stereocenters. The van der Waals surface area contributed by atoms with Crippen LogP contribution in [0.2, 0.25) is 5.02 Å². The summed E-state index contributed by atoms with van der Waals surface area (Å²) < 4.78 is 0. The van der Waals surface area contributed by atoms with Crippen LogP contribution in [0.25, 0.3) is 44.5 Å². The summed E-state index contributed by atoms with van der Waals surface area (Å²) in [5.74, 6) is 0.0397. The van der Waals surface area contributed by atoms with E-state index in [9.17, 15) is 15.6 Å². The third kappa shape index (κ3) is 3.61. The van der Waals surface area contributed by atoms with Gasteiger partial charge >= 0.3 is 0 Å². The average Bonchev–Trinajstić information content (AvgIpc) is 2.87. The number of hydrogen-bond donors (Lipinski definition) is 1.